The maximum Gasteiger partial charge on any atom is 0.0765 e. The van der Waals surface area contributed by atoms with E-state index in [0.29, 0.717) is 23.5 Å². The predicted molar refractivity (Wildman–Crippen MR) is 123 cm³/mol. The molecule has 30 heavy (non-hydrogen) atoms. The van der Waals surface area contributed by atoms with Gasteiger partial charge in [0.1, 0.15) is 0 Å². The number of fused-ring (bicyclic) bond motifs is 6. The van der Waals surface area contributed by atoms with Crippen molar-refractivity contribution in [3.63, 3.8) is 0 Å². The van der Waals surface area contributed by atoms with Crippen LogP contribution in [-0.4, -0.2) is 24.3 Å². The molecule has 1 N–H and O–H groups in total. The van der Waals surface area contributed by atoms with Crippen LogP contribution in [0.15, 0.2) is 11.1 Å². The van der Waals surface area contributed by atoms with Crippen LogP contribution in [0.25, 0.3) is 0 Å². The summed E-state index contributed by atoms with van der Waals surface area (Å²) in [4.78, 5) is 0. The molecular weight excluding hydrogens is 366 g/mol. The van der Waals surface area contributed by atoms with Crippen molar-refractivity contribution in [2.75, 3.05) is 6.54 Å². The molecule has 2 nitrogen and oxygen atoms in total. The fourth-order valence-corrected chi connectivity index (χ4v) is 9.86. The molecule has 0 radical (unpaired) electrons. The summed E-state index contributed by atoms with van der Waals surface area (Å²) in [5, 5.41) is 3.88. The maximum atomic E-state index is 7.04. The summed E-state index contributed by atoms with van der Waals surface area (Å²) in [5.41, 5.74) is 4.39. The van der Waals surface area contributed by atoms with Gasteiger partial charge in [-0.2, -0.15) is 0 Å². The topological polar surface area (TPSA) is 21.3 Å². The van der Waals surface area contributed by atoms with Crippen molar-refractivity contribution in [1.29, 1.82) is 0 Å². The van der Waals surface area contributed by atoms with Gasteiger partial charge >= 0.3 is 0 Å². The van der Waals surface area contributed by atoms with Crippen LogP contribution in [0.3, 0.4) is 0 Å². The van der Waals surface area contributed by atoms with E-state index in [0.717, 1.165) is 29.6 Å². The van der Waals surface area contributed by atoms with Gasteiger partial charge < -0.3 is 10.1 Å². The summed E-state index contributed by atoms with van der Waals surface area (Å²) in [7, 11) is 0. The van der Waals surface area contributed by atoms with Crippen molar-refractivity contribution in [2.45, 2.75) is 116 Å². The Hall–Kier alpha value is -0.340. The summed E-state index contributed by atoms with van der Waals surface area (Å²) >= 11 is 0. The third kappa shape index (κ3) is 2.81. The Balaban J connectivity index is 1.28. The lowest BCUT2D eigenvalue weighted by Gasteiger charge is -2.52. The number of allylic oxidation sites excluding steroid dienone is 1. The molecule has 2 heterocycles. The molecule has 0 bridgehead atoms. The average Bonchev–Trinajstić information content (AvgIpc) is 3.18. The highest BCUT2D eigenvalue weighted by Crippen LogP contribution is 2.65. The van der Waals surface area contributed by atoms with Crippen molar-refractivity contribution in [3.8, 4) is 0 Å². The highest BCUT2D eigenvalue weighted by molar-refractivity contribution is 5.29. The molecule has 2 saturated heterocycles. The van der Waals surface area contributed by atoms with Crippen molar-refractivity contribution < 1.29 is 4.74 Å². The minimum atomic E-state index is 0.106. The van der Waals surface area contributed by atoms with Crippen molar-refractivity contribution >= 4 is 0 Å². The standard InChI is InChI=1S/C28H45NO/c1-17-13-25-26(29-16-17)19(3)28(30-25)12-10-21-22-9-8-20-7-5-6-11-27(20,4)24(22)14-23(21)18(2)15-28/h17,19-22,24-26,29H,5-16H2,1-4H3. The Bertz CT molecular complexity index is 728. The van der Waals surface area contributed by atoms with Gasteiger partial charge in [-0.3, -0.25) is 0 Å². The van der Waals surface area contributed by atoms with Gasteiger partial charge in [-0.05, 0) is 106 Å². The first-order valence-corrected chi connectivity index (χ1v) is 13.5. The van der Waals surface area contributed by atoms with Crippen LogP contribution in [0, 0.1) is 40.9 Å². The molecule has 168 valence electrons. The Morgan fingerprint density at radius 2 is 1.90 bits per heavy atom. The fourth-order valence-electron chi connectivity index (χ4n) is 9.86. The highest BCUT2D eigenvalue weighted by Gasteiger charge is 2.58. The number of nitrogens with one attached hydrogen (secondary N) is 1. The average molecular weight is 412 g/mol. The third-order valence-corrected chi connectivity index (χ3v) is 11.6. The van der Waals surface area contributed by atoms with E-state index in [2.05, 4.69) is 33.0 Å². The first-order chi connectivity index (χ1) is 14.4. The summed E-state index contributed by atoms with van der Waals surface area (Å²) in [6.45, 7) is 11.3. The number of hydrogen-bond donors (Lipinski definition) is 1. The monoisotopic (exact) mass is 411 g/mol. The third-order valence-electron chi connectivity index (χ3n) is 11.6. The minimum Gasteiger partial charge on any atom is -0.369 e. The largest absolute Gasteiger partial charge is 0.369 e. The predicted octanol–water partition coefficient (Wildman–Crippen LogP) is 6.50. The van der Waals surface area contributed by atoms with Gasteiger partial charge in [0.2, 0.25) is 0 Å². The molecular formula is C28H45NO. The highest BCUT2D eigenvalue weighted by atomic mass is 16.5. The zero-order valence-corrected chi connectivity index (χ0v) is 20.0. The van der Waals surface area contributed by atoms with Gasteiger partial charge in [0.15, 0.2) is 0 Å². The van der Waals surface area contributed by atoms with E-state index in [1.165, 1.54) is 77.2 Å². The van der Waals surface area contributed by atoms with Crippen LogP contribution >= 0.6 is 0 Å². The van der Waals surface area contributed by atoms with E-state index in [4.69, 9.17) is 4.74 Å². The lowest BCUT2D eigenvalue weighted by molar-refractivity contribution is -0.0742. The van der Waals surface area contributed by atoms with Crippen LogP contribution in [0.1, 0.15) is 98.3 Å². The quantitative estimate of drug-likeness (QED) is 0.459. The van der Waals surface area contributed by atoms with Gasteiger partial charge in [-0.1, -0.05) is 44.8 Å². The number of ether oxygens (including phenoxy) is 1. The Morgan fingerprint density at radius 1 is 1.03 bits per heavy atom. The SMILES string of the molecule is CC1=C2CC3C(CCC4CCCCC43C)C2CCC2(C1)OC1CC(C)CNC1C2C. The molecule has 4 aliphatic carbocycles. The number of piperidine rings is 1. The molecule has 2 heteroatoms. The van der Waals surface area contributed by atoms with Gasteiger partial charge in [-0.15, -0.1) is 0 Å². The molecule has 6 rings (SSSR count). The molecule has 1 spiro atoms. The molecule has 0 aromatic carbocycles. The van der Waals surface area contributed by atoms with E-state index in [1.807, 2.05) is 5.57 Å². The Kier molecular flexibility index (Phi) is 4.78. The Labute approximate surface area is 185 Å². The summed E-state index contributed by atoms with van der Waals surface area (Å²) in [5.74, 6) is 5.25. The lowest BCUT2D eigenvalue weighted by Crippen LogP contribution is -2.48. The molecule has 0 aromatic rings. The van der Waals surface area contributed by atoms with Crippen LogP contribution in [0.5, 0.6) is 0 Å². The summed E-state index contributed by atoms with van der Waals surface area (Å²) < 4.78 is 7.04. The van der Waals surface area contributed by atoms with E-state index in [9.17, 15) is 0 Å². The van der Waals surface area contributed by atoms with Gasteiger partial charge in [0.25, 0.3) is 0 Å². The molecule has 0 aromatic heterocycles. The van der Waals surface area contributed by atoms with Crippen LogP contribution in [0.4, 0.5) is 0 Å². The van der Waals surface area contributed by atoms with E-state index >= 15 is 0 Å². The summed E-state index contributed by atoms with van der Waals surface area (Å²) in [6.07, 6.45) is 16.1. The van der Waals surface area contributed by atoms with Crippen LogP contribution < -0.4 is 5.32 Å². The molecule has 10 atom stereocenters. The number of hydrogen-bond acceptors (Lipinski definition) is 2. The smallest absolute Gasteiger partial charge is 0.0765 e. The van der Waals surface area contributed by atoms with Gasteiger partial charge in [0.05, 0.1) is 11.7 Å². The second-order valence-corrected chi connectivity index (χ2v) is 12.9. The van der Waals surface area contributed by atoms with Crippen molar-refractivity contribution in [2.24, 2.45) is 40.9 Å². The number of rotatable bonds is 0. The molecule has 2 aliphatic heterocycles. The van der Waals surface area contributed by atoms with Crippen molar-refractivity contribution in [1.82, 2.24) is 5.32 Å². The first-order valence-electron chi connectivity index (χ1n) is 13.5. The van der Waals surface area contributed by atoms with E-state index < -0.39 is 0 Å². The van der Waals surface area contributed by atoms with Gasteiger partial charge in [-0.25, -0.2) is 0 Å². The second kappa shape index (κ2) is 7.08. The van der Waals surface area contributed by atoms with Crippen LogP contribution in [0.2, 0.25) is 0 Å². The second-order valence-electron chi connectivity index (χ2n) is 12.9. The Morgan fingerprint density at radius 3 is 2.77 bits per heavy atom. The molecule has 3 saturated carbocycles. The molecule has 5 fully saturated rings. The first kappa shape index (κ1) is 20.3. The zero-order valence-electron chi connectivity index (χ0n) is 20.0. The maximum absolute atomic E-state index is 7.04. The van der Waals surface area contributed by atoms with Gasteiger partial charge in [0, 0.05) is 12.0 Å². The normalized spacial score (nSPS) is 55.6. The van der Waals surface area contributed by atoms with E-state index in [-0.39, 0.29) is 5.60 Å². The lowest BCUT2D eigenvalue weighted by atomic mass is 9.52. The zero-order chi connectivity index (χ0) is 20.7. The van der Waals surface area contributed by atoms with E-state index in [1.54, 1.807) is 5.57 Å². The van der Waals surface area contributed by atoms with Crippen LogP contribution in [-0.2, 0) is 4.74 Å². The molecule has 10 unspecified atom stereocenters. The van der Waals surface area contributed by atoms with Crippen molar-refractivity contribution in [3.05, 3.63) is 11.1 Å². The molecule has 0 amide bonds. The fraction of sp³-hybridized carbons (Fsp3) is 0.929. The summed E-state index contributed by atoms with van der Waals surface area (Å²) in [6, 6.07) is 0.585. The minimum absolute atomic E-state index is 0.106. The molecule has 6 aliphatic rings.